The van der Waals surface area contributed by atoms with Crippen LogP contribution in [0, 0.1) is 5.82 Å². The predicted molar refractivity (Wildman–Crippen MR) is 123 cm³/mol. The summed E-state index contributed by atoms with van der Waals surface area (Å²) in [6, 6.07) is 11.7. The van der Waals surface area contributed by atoms with Crippen molar-refractivity contribution in [3.63, 3.8) is 0 Å². The minimum Gasteiger partial charge on any atom is -0.489 e. The van der Waals surface area contributed by atoms with Gasteiger partial charge in [0, 0.05) is 25.2 Å². The number of nitrogens with one attached hydrogen (secondary N) is 2. The molecular formula is C25H32FN3O3. The van der Waals surface area contributed by atoms with Crippen molar-refractivity contribution in [2.24, 2.45) is 0 Å². The van der Waals surface area contributed by atoms with E-state index in [-0.39, 0.29) is 23.8 Å². The molecule has 2 aliphatic heterocycles. The number of hydrogen-bond donors (Lipinski definition) is 2. The number of carbonyl (C=O) groups is 1. The molecule has 2 aromatic rings. The van der Waals surface area contributed by atoms with Gasteiger partial charge in [-0.2, -0.15) is 0 Å². The summed E-state index contributed by atoms with van der Waals surface area (Å²) >= 11 is 0. The molecule has 6 nitrogen and oxygen atoms in total. The summed E-state index contributed by atoms with van der Waals surface area (Å²) in [7, 11) is 0. The SMILES string of the molecule is CC1(CCCCN2CCOCC2)COc2ccc(C(=O)NCc3cccc(F)c3)cc2N1. The van der Waals surface area contributed by atoms with Gasteiger partial charge in [-0.05, 0) is 68.6 Å². The zero-order valence-electron chi connectivity index (χ0n) is 18.7. The first-order valence-electron chi connectivity index (χ1n) is 11.4. The Hall–Kier alpha value is -2.64. The van der Waals surface area contributed by atoms with Crippen LogP contribution in [0.3, 0.4) is 0 Å². The summed E-state index contributed by atoms with van der Waals surface area (Å²) in [5, 5.41) is 6.46. The van der Waals surface area contributed by atoms with Gasteiger partial charge in [0.25, 0.3) is 5.91 Å². The molecule has 0 spiro atoms. The molecule has 2 heterocycles. The summed E-state index contributed by atoms with van der Waals surface area (Å²) in [5.41, 5.74) is 1.94. The Morgan fingerprint density at radius 1 is 1.19 bits per heavy atom. The highest BCUT2D eigenvalue weighted by Crippen LogP contribution is 2.35. The van der Waals surface area contributed by atoms with Gasteiger partial charge < -0.3 is 20.1 Å². The molecule has 1 fully saturated rings. The Morgan fingerprint density at radius 2 is 2.03 bits per heavy atom. The van der Waals surface area contributed by atoms with Gasteiger partial charge in [0.15, 0.2) is 0 Å². The van der Waals surface area contributed by atoms with Crippen molar-refractivity contribution in [1.82, 2.24) is 10.2 Å². The maximum absolute atomic E-state index is 13.3. The minimum absolute atomic E-state index is 0.172. The summed E-state index contributed by atoms with van der Waals surface area (Å²) in [6.45, 7) is 7.87. The lowest BCUT2D eigenvalue weighted by atomic mass is 9.93. The highest BCUT2D eigenvalue weighted by molar-refractivity contribution is 5.95. The molecule has 4 rings (SSSR count). The normalized spacial score (nSPS) is 20.7. The molecule has 0 radical (unpaired) electrons. The lowest BCUT2D eigenvalue weighted by Gasteiger charge is -2.37. The summed E-state index contributed by atoms with van der Waals surface area (Å²) in [5.74, 6) is 0.255. The van der Waals surface area contributed by atoms with Gasteiger partial charge in [0.05, 0.1) is 24.4 Å². The molecule has 1 atom stereocenters. The first kappa shape index (κ1) is 22.6. The number of fused-ring (bicyclic) bond motifs is 1. The molecule has 2 N–H and O–H groups in total. The Balaban J connectivity index is 1.30. The quantitative estimate of drug-likeness (QED) is 0.610. The highest BCUT2D eigenvalue weighted by atomic mass is 19.1. The molecule has 32 heavy (non-hydrogen) atoms. The molecule has 0 saturated carbocycles. The first-order valence-corrected chi connectivity index (χ1v) is 11.4. The smallest absolute Gasteiger partial charge is 0.251 e. The number of anilines is 1. The molecule has 0 bridgehead atoms. The van der Waals surface area contributed by atoms with E-state index >= 15 is 0 Å². The van der Waals surface area contributed by atoms with Crippen LogP contribution < -0.4 is 15.4 Å². The van der Waals surface area contributed by atoms with Crippen LogP contribution in [0.25, 0.3) is 0 Å². The number of carbonyl (C=O) groups excluding carboxylic acids is 1. The van der Waals surface area contributed by atoms with Crippen LogP contribution in [0.4, 0.5) is 10.1 Å². The van der Waals surface area contributed by atoms with E-state index in [1.807, 2.05) is 12.1 Å². The van der Waals surface area contributed by atoms with E-state index in [0.29, 0.717) is 12.2 Å². The number of amides is 1. The van der Waals surface area contributed by atoms with Gasteiger partial charge in [-0.3, -0.25) is 9.69 Å². The third-order valence-corrected chi connectivity index (χ3v) is 6.12. The average molecular weight is 442 g/mol. The van der Waals surface area contributed by atoms with Crippen LogP contribution in [0.15, 0.2) is 42.5 Å². The fraction of sp³-hybridized carbons (Fsp3) is 0.480. The summed E-state index contributed by atoms with van der Waals surface area (Å²) < 4.78 is 24.7. The van der Waals surface area contributed by atoms with Crippen molar-refractivity contribution in [1.29, 1.82) is 0 Å². The summed E-state index contributed by atoms with van der Waals surface area (Å²) in [6.07, 6.45) is 3.24. The van der Waals surface area contributed by atoms with Crippen LogP contribution in [0.1, 0.15) is 42.1 Å². The molecule has 1 amide bonds. The van der Waals surface area contributed by atoms with Gasteiger partial charge >= 0.3 is 0 Å². The Labute approximate surface area is 189 Å². The van der Waals surface area contributed by atoms with E-state index in [1.165, 1.54) is 12.1 Å². The van der Waals surface area contributed by atoms with Crippen LogP contribution >= 0.6 is 0 Å². The van der Waals surface area contributed by atoms with Gasteiger partial charge in [-0.15, -0.1) is 0 Å². The van der Waals surface area contributed by atoms with Crippen molar-refractivity contribution in [3.05, 3.63) is 59.4 Å². The van der Waals surface area contributed by atoms with Gasteiger partial charge in [-0.1, -0.05) is 12.1 Å². The van der Waals surface area contributed by atoms with Crippen molar-refractivity contribution < 1.29 is 18.7 Å². The van der Waals surface area contributed by atoms with Gasteiger partial charge in [0.2, 0.25) is 0 Å². The second kappa shape index (κ2) is 10.3. The highest BCUT2D eigenvalue weighted by Gasteiger charge is 2.30. The number of hydrogen-bond acceptors (Lipinski definition) is 5. The first-order chi connectivity index (χ1) is 15.5. The molecule has 1 saturated heterocycles. The summed E-state index contributed by atoms with van der Waals surface area (Å²) in [4.78, 5) is 15.1. The number of halogens is 1. The standard InChI is InChI=1S/C25H32FN3O3/c1-25(9-2-3-10-29-11-13-31-14-12-29)18-32-23-8-7-20(16-22(23)28-25)24(30)27-17-19-5-4-6-21(26)15-19/h4-8,15-16,28H,2-3,9-14,17-18H2,1H3,(H,27,30). The van der Waals surface area contributed by atoms with Crippen LogP contribution in [0.2, 0.25) is 0 Å². The lowest BCUT2D eigenvalue weighted by molar-refractivity contribution is 0.0369. The molecule has 7 heteroatoms. The van der Waals surface area contributed by atoms with E-state index in [0.717, 1.165) is 69.1 Å². The monoisotopic (exact) mass is 441 g/mol. The zero-order valence-corrected chi connectivity index (χ0v) is 18.7. The minimum atomic E-state index is -0.309. The fourth-order valence-electron chi connectivity index (χ4n) is 4.23. The van der Waals surface area contributed by atoms with Crippen molar-refractivity contribution in [2.45, 2.75) is 38.3 Å². The van der Waals surface area contributed by atoms with E-state index in [2.05, 4.69) is 22.5 Å². The number of unbranched alkanes of at least 4 members (excludes halogenated alkanes) is 1. The maximum Gasteiger partial charge on any atom is 0.251 e. The van der Waals surface area contributed by atoms with Crippen molar-refractivity contribution >= 4 is 11.6 Å². The van der Waals surface area contributed by atoms with Crippen LogP contribution in [-0.4, -0.2) is 55.8 Å². The topological polar surface area (TPSA) is 62.8 Å². The van der Waals surface area contributed by atoms with Gasteiger partial charge in [0.1, 0.15) is 18.2 Å². The van der Waals surface area contributed by atoms with Crippen LogP contribution in [-0.2, 0) is 11.3 Å². The third kappa shape index (κ3) is 5.99. The second-order valence-corrected chi connectivity index (χ2v) is 8.91. The zero-order chi connectivity index (χ0) is 22.4. The number of ether oxygens (including phenoxy) is 2. The van der Waals surface area contributed by atoms with Crippen molar-refractivity contribution in [3.8, 4) is 5.75 Å². The molecule has 2 aliphatic rings. The maximum atomic E-state index is 13.3. The van der Waals surface area contributed by atoms with Crippen molar-refractivity contribution in [2.75, 3.05) is 44.8 Å². The fourth-order valence-corrected chi connectivity index (χ4v) is 4.23. The van der Waals surface area contributed by atoms with E-state index < -0.39 is 0 Å². The number of benzene rings is 2. The largest absolute Gasteiger partial charge is 0.489 e. The molecule has 172 valence electrons. The Morgan fingerprint density at radius 3 is 2.84 bits per heavy atom. The van der Waals surface area contributed by atoms with Crippen LogP contribution in [0.5, 0.6) is 5.75 Å². The van der Waals surface area contributed by atoms with E-state index in [4.69, 9.17) is 9.47 Å². The molecule has 0 aromatic heterocycles. The van der Waals surface area contributed by atoms with Gasteiger partial charge in [-0.25, -0.2) is 4.39 Å². The number of nitrogens with zero attached hydrogens (tertiary/aromatic N) is 1. The molecule has 0 aliphatic carbocycles. The molecule has 2 aromatic carbocycles. The molecular weight excluding hydrogens is 409 g/mol. The third-order valence-electron chi connectivity index (χ3n) is 6.12. The number of morpholine rings is 1. The van der Waals surface area contributed by atoms with E-state index in [1.54, 1.807) is 18.2 Å². The lowest BCUT2D eigenvalue weighted by Crippen LogP contribution is -2.44. The average Bonchev–Trinajstić information content (AvgIpc) is 2.80. The Bertz CT molecular complexity index is 932. The number of rotatable bonds is 8. The predicted octanol–water partition coefficient (Wildman–Crippen LogP) is 3.82. The van der Waals surface area contributed by atoms with E-state index in [9.17, 15) is 9.18 Å². The Kier molecular flexibility index (Phi) is 7.27. The molecule has 1 unspecified atom stereocenters. The second-order valence-electron chi connectivity index (χ2n) is 8.91.